The Bertz CT molecular complexity index is 1080. The Labute approximate surface area is 176 Å². The molecule has 0 aliphatic rings. The van der Waals surface area contributed by atoms with Gasteiger partial charge in [0.05, 0.1) is 23.1 Å². The highest BCUT2D eigenvalue weighted by atomic mass is 32.2. The van der Waals surface area contributed by atoms with Gasteiger partial charge >= 0.3 is 6.18 Å². The minimum Gasteiger partial charge on any atom is -0.341 e. The van der Waals surface area contributed by atoms with Crippen molar-refractivity contribution in [2.24, 2.45) is 0 Å². The Balaban J connectivity index is 2.21. The predicted octanol–water partition coefficient (Wildman–Crippen LogP) is 2.06. The number of nitrogens with zero attached hydrogens (tertiary/aromatic N) is 1. The predicted molar refractivity (Wildman–Crippen MR) is 105 cm³/mol. The average molecular weight is 453 g/mol. The van der Waals surface area contributed by atoms with E-state index in [1.807, 2.05) is 0 Å². The molecule has 2 N–H and O–H groups in total. The van der Waals surface area contributed by atoms with Gasteiger partial charge in [0.25, 0.3) is 5.91 Å². The molecule has 31 heavy (non-hydrogen) atoms. The quantitative estimate of drug-likeness (QED) is 0.594. The van der Waals surface area contributed by atoms with Gasteiger partial charge in [-0.1, -0.05) is 36.4 Å². The lowest BCUT2D eigenvalue weighted by molar-refractivity contribution is -0.137. The lowest BCUT2D eigenvalue weighted by atomic mass is 10.1. The molecule has 0 radical (unpaired) electrons. The third-order valence-electron chi connectivity index (χ3n) is 4.06. The molecule has 0 saturated heterocycles. The maximum Gasteiger partial charge on any atom is 0.416 e. The first-order valence-electron chi connectivity index (χ1n) is 8.89. The van der Waals surface area contributed by atoms with Crippen LogP contribution in [0.5, 0.6) is 0 Å². The van der Waals surface area contributed by atoms with E-state index in [4.69, 9.17) is 5.26 Å². The second-order valence-electron chi connectivity index (χ2n) is 6.52. The highest BCUT2D eigenvalue weighted by molar-refractivity contribution is 7.90. The van der Waals surface area contributed by atoms with E-state index in [0.717, 1.165) is 12.1 Å². The van der Waals surface area contributed by atoms with Crippen molar-refractivity contribution in [1.29, 1.82) is 5.26 Å². The van der Waals surface area contributed by atoms with Crippen LogP contribution in [0.2, 0.25) is 0 Å². The van der Waals surface area contributed by atoms with E-state index in [-0.39, 0.29) is 11.1 Å². The zero-order valence-corrected chi connectivity index (χ0v) is 16.8. The van der Waals surface area contributed by atoms with Crippen LogP contribution in [-0.4, -0.2) is 38.6 Å². The monoisotopic (exact) mass is 453 g/mol. The van der Waals surface area contributed by atoms with Gasteiger partial charge in [0, 0.05) is 5.56 Å². The van der Waals surface area contributed by atoms with Crippen molar-refractivity contribution in [3.05, 3.63) is 71.3 Å². The summed E-state index contributed by atoms with van der Waals surface area (Å²) in [6.45, 7) is -0.412. The number of rotatable bonds is 8. The summed E-state index contributed by atoms with van der Waals surface area (Å²) in [5.74, 6) is -3.25. The molecule has 0 aliphatic heterocycles. The molecule has 1 unspecified atom stereocenters. The molecule has 11 heteroatoms. The van der Waals surface area contributed by atoms with E-state index in [9.17, 15) is 31.2 Å². The fourth-order valence-electron chi connectivity index (χ4n) is 2.67. The number of nitrogens with one attached hydrogen (secondary N) is 2. The highest BCUT2D eigenvalue weighted by Gasteiger charge is 2.31. The Hall–Kier alpha value is -3.39. The molecule has 2 rings (SSSR count). The molecule has 2 aromatic carbocycles. The summed E-state index contributed by atoms with van der Waals surface area (Å²) in [6.07, 6.45) is -4.64. The van der Waals surface area contributed by atoms with Crippen molar-refractivity contribution < 1.29 is 31.2 Å². The fraction of sp³-hybridized carbons (Fsp3) is 0.250. The molecule has 0 aliphatic carbocycles. The summed E-state index contributed by atoms with van der Waals surface area (Å²) in [5.41, 5.74) is -0.933. The smallest absolute Gasteiger partial charge is 0.341 e. The minimum absolute atomic E-state index is 0.111. The van der Waals surface area contributed by atoms with Crippen molar-refractivity contribution in [3.63, 3.8) is 0 Å². The Kier molecular flexibility index (Phi) is 7.77. The molecule has 0 heterocycles. The summed E-state index contributed by atoms with van der Waals surface area (Å²) >= 11 is 0. The molecule has 0 saturated carbocycles. The Morgan fingerprint density at radius 2 is 1.74 bits per heavy atom. The zero-order valence-electron chi connectivity index (χ0n) is 16.0. The van der Waals surface area contributed by atoms with Gasteiger partial charge in [-0.25, -0.2) is 8.42 Å². The maximum absolute atomic E-state index is 12.9. The maximum atomic E-state index is 12.9. The van der Waals surface area contributed by atoms with E-state index in [1.165, 1.54) is 18.2 Å². The van der Waals surface area contributed by atoms with Crippen LogP contribution in [0, 0.1) is 11.3 Å². The van der Waals surface area contributed by atoms with E-state index >= 15 is 0 Å². The number of amides is 2. The molecular formula is C20H18F3N3O4S. The Morgan fingerprint density at radius 3 is 2.35 bits per heavy atom. The number of carbonyl (C=O) groups is 2. The summed E-state index contributed by atoms with van der Waals surface area (Å²) < 4.78 is 63.8. The number of hydrogen-bond donors (Lipinski definition) is 2. The van der Waals surface area contributed by atoms with E-state index in [0.29, 0.717) is 6.07 Å². The van der Waals surface area contributed by atoms with Crippen LogP contribution < -0.4 is 10.6 Å². The third-order valence-corrected chi connectivity index (χ3v) is 5.68. The van der Waals surface area contributed by atoms with Crippen LogP contribution >= 0.6 is 0 Å². The van der Waals surface area contributed by atoms with Gasteiger partial charge in [0.2, 0.25) is 5.91 Å². The summed E-state index contributed by atoms with van der Waals surface area (Å²) in [4.78, 5) is 24.7. The average Bonchev–Trinajstić information content (AvgIpc) is 2.71. The first-order chi connectivity index (χ1) is 14.5. The standard InChI is InChI=1S/C20H18F3N3O4S/c21-20(22,23)16-8-4-5-14(11-16)12-31(29,30)13-17(19(28)25-10-9-24)26-18(27)15-6-2-1-3-7-15/h1-8,11,17H,10,12-13H2,(H,25,28)(H,26,27). The second-order valence-corrected chi connectivity index (χ2v) is 8.63. The van der Waals surface area contributed by atoms with Gasteiger partial charge < -0.3 is 10.6 Å². The van der Waals surface area contributed by atoms with Crippen LogP contribution in [0.4, 0.5) is 13.2 Å². The molecule has 0 fully saturated rings. The molecule has 0 spiro atoms. The van der Waals surface area contributed by atoms with Gasteiger partial charge in [-0.3, -0.25) is 9.59 Å². The van der Waals surface area contributed by atoms with Crippen LogP contribution in [-0.2, 0) is 26.6 Å². The fourth-order valence-corrected chi connectivity index (χ4v) is 4.22. The SMILES string of the molecule is N#CCNC(=O)C(CS(=O)(=O)Cc1cccc(C(F)(F)F)c1)NC(=O)c1ccccc1. The molecular weight excluding hydrogens is 435 g/mol. The van der Waals surface area contributed by atoms with E-state index in [2.05, 4.69) is 10.6 Å². The largest absolute Gasteiger partial charge is 0.416 e. The lowest BCUT2D eigenvalue weighted by Gasteiger charge is -2.18. The first kappa shape index (κ1) is 23.9. The normalized spacial score (nSPS) is 12.5. The van der Waals surface area contributed by atoms with Crippen LogP contribution in [0.3, 0.4) is 0 Å². The molecule has 7 nitrogen and oxygen atoms in total. The Morgan fingerprint density at radius 1 is 1.06 bits per heavy atom. The molecule has 2 amide bonds. The summed E-state index contributed by atoms with van der Waals surface area (Å²) in [5, 5.41) is 13.1. The number of carbonyl (C=O) groups excluding carboxylic acids is 2. The molecule has 1 atom stereocenters. The summed E-state index contributed by atoms with van der Waals surface area (Å²) in [6, 6.07) is 11.7. The van der Waals surface area contributed by atoms with Crippen LogP contribution in [0.25, 0.3) is 0 Å². The van der Waals surface area contributed by atoms with Crippen molar-refractivity contribution in [2.45, 2.75) is 18.0 Å². The van der Waals surface area contributed by atoms with Crippen molar-refractivity contribution in [1.82, 2.24) is 10.6 Å². The number of halogens is 3. The van der Waals surface area contributed by atoms with Gasteiger partial charge in [-0.15, -0.1) is 0 Å². The van der Waals surface area contributed by atoms with Crippen molar-refractivity contribution >= 4 is 21.7 Å². The number of hydrogen-bond acceptors (Lipinski definition) is 5. The third kappa shape index (κ3) is 7.42. The molecule has 164 valence electrons. The van der Waals surface area contributed by atoms with E-state index < -0.39 is 57.5 Å². The molecule has 0 aromatic heterocycles. The minimum atomic E-state index is -4.64. The topological polar surface area (TPSA) is 116 Å². The number of benzene rings is 2. The molecule has 2 aromatic rings. The van der Waals surface area contributed by atoms with Gasteiger partial charge in [-0.05, 0) is 23.8 Å². The second kappa shape index (κ2) is 10.1. The zero-order chi connectivity index (χ0) is 23.1. The van der Waals surface area contributed by atoms with Crippen LogP contribution in [0.15, 0.2) is 54.6 Å². The number of nitriles is 1. The van der Waals surface area contributed by atoms with E-state index in [1.54, 1.807) is 24.3 Å². The number of sulfone groups is 1. The number of alkyl halides is 3. The van der Waals surface area contributed by atoms with Gasteiger partial charge in [0.1, 0.15) is 12.6 Å². The summed E-state index contributed by atoms with van der Waals surface area (Å²) in [7, 11) is -4.12. The van der Waals surface area contributed by atoms with Crippen molar-refractivity contribution in [2.75, 3.05) is 12.3 Å². The van der Waals surface area contributed by atoms with Gasteiger partial charge in [-0.2, -0.15) is 18.4 Å². The highest BCUT2D eigenvalue weighted by Crippen LogP contribution is 2.29. The van der Waals surface area contributed by atoms with Crippen LogP contribution in [0.1, 0.15) is 21.5 Å². The lowest BCUT2D eigenvalue weighted by Crippen LogP contribution is -2.50. The van der Waals surface area contributed by atoms with Gasteiger partial charge in [0.15, 0.2) is 9.84 Å². The van der Waals surface area contributed by atoms with Crippen molar-refractivity contribution in [3.8, 4) is 6.07 Å². The first-order valence-corrected chi connectivity index (χ1v) is 10.7. The molecule has 0 bridgehead atoms.